The van der Waals surface area contributed by atoms with E-state index in [2.05, 4.69) is 0 Å². The van der Waals surface area contributed by atoms with Crippen LogP contribution in [0.1, 0.15) is 19.4 Å². The molecule has 0 bridgehead atoms. The fourth-order valence-corrected chi connectivity index (χ4v) is 3.26. The molecule has 0 aliphatic rings. The Morgan fingerprint density at radius 2 is 1.71 bits per heavy atom. The van der Waals surface area contributed by atoms with Gasteiger partial charge in [-0.3, -0.25) is 4.57 Å². The molecule has 6 heteroatoms. The van der Waals surface area contributed by atoms with Crippen molar-refractivity contribution < 1.29 is 23.1 Å². The second-order valence-corrected chi connectivity index (χ2v) is 7.04. The molecule has 116 valence electrons. The van der Waals surface area contributed by atoms with Crippen LogP contribution in [0, 0.1) is 5.92 Å². The Bertz CT molecular complexity index is 516. The molecule has 0 N–H and O–H groups in total. The summed E-state index contributed by atoms with van der Waals surface area (Å²) in [5.41, 5.74) is 0.872. The second-order valence-electron chi connectivity index (χ2n) is 4.72. The van der Waals surface area contributed by atoms with Gasteiger partial charge in [0.25, 0.3) is 0 Å². The van der Waals surface area contributed by atoms with Gasteiger partial charge >= 0.3 is 13.6 Å². The monoisotopic (exact) mass is 312 g/mol. The second kappa shape index (κ2) is 8.13. The van der Waals surface area contributed by atoms with Crippen LogP contribution < -0.4 is 0 Å². The summed E-state index contributed by atoms with van der Waals surface area (Å²) >= 11 is 0. The van der Waals surface area contributed by atoms with E-state index in [0.29, 0.717) is 0 Å². The summed E-state index contributed by atoms with van der Waals surface area (Å²) in [6.45, 7) is 3.56. The molecule has 1 unspecified atom stereocenters. The Morgan fingerprint density at radius 1 is 1.14 bits per heavy atom. The SMILES string of the molecule is COP(=O)(OC)C(OC(=O)/C=C/c1ccccc1)C(C)C. The van der Waals surface area contributed by atoms with E-state index in [1.54, 1.807) is 19.9 Å². The van der Waals surface area contributed by atoms with Crippen molar-refractivity contribution in [2.45, 2.75) is 19.7 Å². The van der Waals surface area contributed by atoms with Gasteiger partial charge in [0.1, 0.15) is 0 Å². The highest BCUT2D eigenvalue weighted by Gasteiger charge is 2.39. The Balaban J connectivity index is 2.79. The number of carbonyl (C=O) groups is 1. The van der Waals surface area contributed by atoms with Gasteiger partial charge in [0.15, 0.2) is 0 Å². The fourth-order valence-electron chi connectivity index (χ4n) is 1.73. The van der Waals surface area contributed by atoms with Crippen LogP contribution in [0.15, 0.2) is 36.4 Å². The zero-order valence-corrected chi connectivity index (χ0v) is 13.6. The normalized spacial score (nSPS) is 13.6. The van der Waals surface area contributed by atoms with Crippen molar-refractivity contribution in [1.82, 2.24) is 0 Å². The minimum absolute atomic E-state index is 0.204. The van der Waals surface area contributed by atoms with Gasteiger partial charge in [-0.15, -0.1) is 0 Å². The molecule has 0 spiro atoms. The van der Waals surface area contributed by atoms with Crippen LogP contribution in [0.5, 0.6) is 0 Å². The molecule has 21 heavy (non-hydrogen) atoms. The van der Waals surface area contributed by atoms with Crippen LogP contribution in [0.2, 0.25) is 0 Å². The highest BCUT2D eigenvalue weighted by atomic mass is 31.2. The Hall–Kier alpha value is -1.42. The standard InChI is InChI=1S/C15H21O5P/c1-12(2)15(21(17,18-3)19-4)20-14(16)11-10-13-8-6-5-7-9-13/h5-12,15H,1-4H3/b11-10+. The van der Waals surface area contributed by atoms with E-state index in [-0.39, 0.29) is 5.92 Å². The molecule has 0 aliphatic heterocycles. The van der Waals surface area contributed by atoms with E-state index in [1.807, 2.05) is 30.3 Å². The van der Waals surface area contributed by atoms with Gasteiger partial charge in [-0.2, -0.15) is 0 Å². The lowest BCUT2D eigenvalue weighted by molar-refractivity contribution is -0.141. The molecular weight excluding hydrogens is 291 g/mol. The number of hydrogen-bond donors (Lipinski definition) is 0. The first kappa shape index (κ1) is 17.6. The van der Waals surface area contributed by atoms with Gasteiger partial charge in [-0.1, -0.05) is 44.2 Å². The average molecular weight is 312 g/mol. The number of carbonyl (C=O) groups excluding carboxylic acids is 1. The minimum Gasteiger partial charge on any atom is -0.446 e. The maximum atomic E-state index is 12.4. The molecule has 0 saturated heterocycles. The quantitative estimate of drug-likeness (QED) is 0.436. The Kier molecular flexibility index (Phi) is 6.82. The van der Waals surface area contributed by atoms with Crippen molar-refractivity contribution in [2.24, 2.45) is 5.92 Å². The third-order valence-electron chi connectivity index (χ3n) is 2.84. The van der Waals surface area contributed by atoms with E-state index in [4.69, 9.17) is 13.8 Å². The van der Waals surface area contributed by atoms with Gasteiger partial charge in [-0.05, 0) is 11.6 Å². The fraction of sp³-hybridized carbons (Fsp3) is 0.400. The van der Waals surface area contributed by atoms with Crippen molar-refractivity contribution in [3.63, 3.8) is 0 Å². The Morgan fingerprint density at radius 3 is 2.19 bits per heavy atom. The van der Waals surface area contributed by atoms with Gasteiger partial charge < -0.3 is 13.8 Å². The smallest absolute Gasteiger partial charge is 0.370 e. The van der Waals surface area contributed by atoms with Gasteiger partial charge in [0, 0.05) is 26.2 Å². The van der Waals surface area contributed by atoms with E-state index in [9.17, 15) is 9.36 Å². The Labute approximate surface area is 125 Å². The minimum atomic E-state index is -3.47. The third-order valence-corrected chi connectivity index (χ3v) is 5.18. The average Bonchev–Trinajstić information content (AvgIpc) is 2.50. The predicted octanol–water partition coefficient (Wildman–Crippen LogP) is 3.71. The first-order valence-electron chi connectivity index (χ1n) is 6.58. The molecule has 1 rings (SSSR count). The summed E-state index contributed by atoms with van der Waals surface area (Å²) < 4.78 is 27.4. The maximum Gasteiger partial charge on any atom is 0.370 e. The molecule has 0 aromatic heterocycles. The number of benzene rings is 1. The molecule has 5 nitrogen and oxygen atoms in total. The molecule has 0 fully saturated rings. The van der Waals surface area contributed by atoms with E-state index in [0.717, 1.165) is 5.56 Å². The highest BCUT2D eigenvalue weighted by Crippen LogP contribution is 2.54. The van der Waals surface area contributed by atoms with Crippen LogP contribution in [-0.4, -0.2) is 26.0 Å². The maximum absolute atomic E-state index is 12.4. The number of hydrogen-bond acceptors (Lipinski definition) is 5. The van der Waals surface area contributed by atoms with Crippen molar-refractivity contribution in [3.8, 4) is 0 Å². The summed E-state index contributed by atoms with van der Waals surface area (Å²) in [6.07, 6.45) is 2.92. The van der Waals surface area contributed by atoms with E-state index < -0.39 is 19.4 Å². The summed E-state index contributed by atoms with van der Waals surface area (Å²) in [6, 6.07) is 9.34. The molecular formula is C15H21O5P. The summed E-state index contributed by atoms with van der Waals surface area (Å²) in [5, 5.41) is 0. The molecule has 0 saturated carbocycles. The predicted molar refractivity (Wildman–Crippen MR) is 81.8 cm³/mol. The lowest BCUT2D eigenvalue weighted by Crippen LogP contribution is -2.24. The van der Waals surface area contributed by atoms with Crippen LogP contribution in [0.3, 0.4) is 0 Å². The van der Waals surface area contributed by atoms with Crippen molar-refractivity contribution >= 4 is 19.6 Å². The topological polar surface area (TPSA) is 61.8 Å². The largest absolute Gasteiger partial charge is 0.446 e. The molecule has 0 heterocycles. The lowest BCUT2D eigenvalue weighted by Gasteiger charge is -2.26. The first-order chi connectivity index (χ1) is 9.92. The zero-order valence-electron chi connectivity index (χ0n) is 12.7. The molecule has 1 aromatic rings. The van der Waals surface area contributed by atoms with Gasteiger partial charge in [0.05, 0.1) is 0 Å². The number of rotatable bonds is 7. The molecule has 1 atom stereocenters. The van der Waals surface area contributed by atoms with Crippen molar-refractivity contribution in [1.29, 1.82) is 0 Å². The summed E-state index contributed by atoms with van der Waals surface area (Å²) in [5.74, 6) is -1.74. The highest BCUT2D eigenvalue weighted by molar-refractivity contribution is 7.54. The lowest BCUT2D eigenvalue weighted by atomic mass is 10.2. The summed E-state index contributed by atoms with van der Waals surface area (Å²) in [4.78, 5) is 11.9. The molecule has 0 amide bonds. The van der Waals surface area contributed by atoms with Crippen molar-refractivity contribution in [3.05, 3.63) is 42.0 Å². The zero-order chi connectivity index (χ0) is 15.9. The van der Waals surface area contributed by atoms with E-state index >= 15 is 0 Å². The van der Waals surface area contributed by atoms with Crippen molar-refractivity contribution in [2.75, 3.05) is 14.2 Å². The molecule has 0 radical (unpaired) electrons. The van der Waals surface area contributed by atoms with Gasteiger partial charge in [-0.25, -0.2) is 4.79 Å². The van der Waals surface area contributed by atoms with Crippen LogP contribution in [0.25, 0.3) is 6.08 Å². The number of esters is 1. The van der Waals surface area contributed by atoms with Gasteiger partial charge in [0.2, 0.25) is 5.85 Å². The molecule has 1 aromatic carbocycles. The van der Waals surface area contributed by atoms with E-state index in [1.165, 1.54) is 20.3 Å². The van der Waals surface area contributed by atoms with Crippen LogP contribution in [-0.2, 0) is 23.1 Å². The van der Waals surface area contributed by atoms with Crippen LogP contribution in [0.4, 0.5) is 0 Å². The summed E-state index contributed by atoms with van der Waals surface area (Å²) in [7, 11) is -0.932. The van der Waals surface area contributed by atoms with Crippen LogP contribution >= 0.6 is 7.60 Å². The first-order valence-corrected chi connectivity index (χ1v) is 8.19. The number of ether oxygens (including phenoxy) is 1. The third kappa shape index (κ3) is 5.12. The molecule has 0 aliphatic carbocycles.